The summed E-state index contributed by atoms with van der Waals surface area (Å²) in [6.07, 6.45) is 1.04. The third kappa shape index (κ3) is 7.57. The molecule has 1 heterocycles. The van der Waals surface area contributed by atoms with Gasteiger partial charge in [0.15, 0.2) is 0 Å². The van der Waals surface area contributed by atoms with Gasteiger partial charge in [-0.2, -0.15) is 0 Å². The fraction of sp³-hybridized carbons (Fsp3) is 0.591. The number of anilines is 1. The van der Waals surface area contributed by atoms with Gasteiger partial charge < -0.3 is 25.2 Å². The predicted octanol–water partition coefficient (Wildman–Crippen LogP) is 2.25. The number of benzene rings is 1. The van der Waals surface area contributed by atoms with Crippen molar-refractivity contribution in [1.82, 2.24) is 15.5 Å². The summed E-state index contributed by atoms with van der Waals surface area (Å²) >= 11 is 0. The summed E-state index contributed by atoms with van der Waals surface area (Å²) in [5.41, 5.74) is 1.09. The third-order valence-corrected chi connectivity index (χ3v) is 4.95. The van der Waals surface area contributed by atoms with Gasteiger partial charge in [0.1, 0.15) is 12.1 Å². The van der Waals surface area contributed by atoms with Crippen molar-refractivity contribution in [2.75, 3.05) is 45.2 Å². The lowest BCUT2D eigenvalue weighted by Crippen LogP contribution is -2.46. The molecule has 2 N–H and O–H groups in total. The SMILES string of the molecule is CN(C)c1ccc(C(=O)NCC2CCN(C(=O)CNC(=O)OC(C)(C)C)CC2)cc1. The molecule has 0 bridgehead atoms. The summed E-state index contributed by atoms with van der Waals surface area (Å²) in [7, 11) is 3.92. The molecule has 0 atom stereocenters. The lowest BCUT2D eigenvalue weighted by molar-refractivity contribution is -0.131. The highest BCUT2D eigenvalue weighted by Crippen LogP contribution is 2.17. The molecular weight excluding hydrogens is 384 g/mol. The summed E-state index contributed by atoms with van der Waals surface area (Å²) < 4.78 is 5.14. The van der Waals surface area contributed by atoms with Crippen molar-refractivity contribution >= 4 is 23.6 Å². The second kappa shape index (κ2) is 10.3. The van der Waals surface area contributed by atoms with Gasteiger partial charge in [0.25, 0.3) is 5.91 Å². The van der Waals surface area contributed by atoms with Gasteiger partial charge in [0.05, 0.1) is 0 Å². The van der Waals surface area contributed by atoms with Crippen LogP contribution in [-0.4, -0.2) is 68.7 Å². The quantitative estimate of drug-likeness (QED) is 0.739. The molecule has 0 aromatic heterocycles. The van der Waals surface area contributed by atoms with E-state index in [4.69, 9.17) is 4.74 Å². The number of alkyl carbamates (subject to hydrolysis) is 1. The molecule has 0 radical (unpaired) electrons. The van der Waals surface area contributed by atoms with Crippen LogP contribution in [0, 0.1) is 5.92 Å². The predicted molar refractivity (Wildman–Crippen MR) is 117 cm³/mol. The Hall–Kier alpha value is -2.77. The van der Waals surface area contributed by atoms with Gasteiger partial charge in [0.2, 0.25) is 5.91 Å². The molecule has 2 rings (SSSR count). The molecule has 8 nitrogen and oxygen atoms in total. The van der Waals surface area contributed by atoms with Crippen LogP contribution >= 0.6 is 0 Å². The van der Waals surface area contributed by atoms with Gasteiger partial charge in [0, 0.05) is 45.0 Å². The molecule has 3 amide bonds. The molecule has 1 aromatic carbocycles. The maximum absolute atomic E-state index is 12.3. The van der Waals surface area contributed by atoms with Crippen molar-refractivity contribution in [3.8, 4) is 0 Å². The summed E-state index contributed by atoms with van der Waals surface area (Å²) in [6.45, 7) is 7.08. The first kappa shape index (κ1) is 23.5. The molecule has 0 aliphatic carbocycles. The second-order valence-corrected chi connectivity index (χ2v) is 8.83. The van der Waals surface area contributed by atoms with E-state index in [9.17, 15) is 14.4 Å². The third-order valence-electron chi connectivity index (χ3n) is 4.95. The van der Waals surface area contributed by atoms with Gasteiger partial charge in [-0.25, -0.2) is 4.79 Å². The Bertz CT molecular complexity index is 732. The average Bonchev–Trinajstić information content (AvgIpc) is 2.69. The molecule has 1 aliphatic heterocycles. The zero-order valence-corrected chi connectivity index (χ0v) is 18.7. The number of nitrogens with zero attached hydrogens (tertiary/aromatic N) is 2. The fourth-order valence-electron chi connectivity index (χ4n) is 3.21. The van der Waals surface area contributed by atoms with Gasteiger partial charge in [-0.1, -0.05) is 0 Å². The highest BCUT2D eigenvalue weighted by Gasteiger charge is 2.24. The molecule has 30 heavy (non-hydrogen) atoms. The topological polar surface area (TPSA) is 91.0 Å². The molecule has 0 saturated carbocycles. The van der Waals surface area contributed by atoms with Crippen LogP contribution in [0.5, 0.6) is 0 Å². The lowest BCUT2D eigenvalue weighted by Gasteiger charge is -2.32. The Morgan fingerprint density at radius 1 is 1.07 bits per heavy atom. The number of rotatable bonds is 6. The largest absolute Gasteiger partial charge is 0.444 e. The minimum Gasteiger partial charge on any atom is -0.444 e. The fourth-order valence-corrected chi connectivity index (χ4v) is 3.21. The molecule has 0 spiro atoms. The molecule has 8 heteroatoms. The molecule has 1 aromatic rings. The van der Waals surface area contributed by atoms with E-state index in [0.29, 0.717) is 31.1 Å². The van der Waals surface area contributed by atoms with E-state index in [1.807, 2.05) is 43.3 Å². The number of nitrogens with one attached hydrogen (secondary N) is 2. The van der Waals surface area contributed by atoms with Gasteiger partial charge in [-0.05, 0) is 63.8 Å². The normalized spacial score (nSPS) is 14.8. The van der Waals surface area contributed by atoms with E-state index in [1.165, 1.54) is 0 Å². The van der Waals surface area contributed by atoms with Crippen LogP contribution in [0.2, 0.25) is 0 Å². The number of carbonyl (C=O) groups excluding carboxylic acids is 3. The number of hydrogen-bond acceptors (Lipinski definition) is 5. The Labute approximate surface area is 178 Å². The molecule has 166 valence electrons. The van der Waals surface area contributed by atoms with Crippen LogP contribution in [-0.2, 0) is 9.53 Å². The monoisotopic (exact) mass is 418 g/mol. The highest BCUT2D eigenvalue weighted by atomic mass is 16.6. The zero-order chi connectivity index (χ0) is 22.3. The van der Waals surface area contributed by atoms with Crippen LogP contribution < -0.4 is 15.5 Å². The Morgan fingerprint density at radius 2 is 1.67 bits per heavy atom. The van der Waals surface area contributed by atoms with Crippen molar-refractivity contribution in [2.45, 2.75) is 39.2 Å². The van der Waals surface area contributed by atoms with E-state index in [-0.39, 0.29) is 18.4 Å². The average molecular weight is 419 g/mol. The van der Waals surface area contributed by atoms with Gasteiger partial charge in [-0.15, -0.1) is 0 Å². The van der Waals surface area contributed by atoms with Crippen LogP contribution in [0.4, 0.5) is 10.5 Å². The smallest absolute Gasteiger partial charge is 0.408 e. The second-order valence-electron chi connectivity index (χ2n) is 8.83. The summed E-state index contributed by atoms with van der Waals surface area (Å²) in [5, 5.41) is 5.50. The minimum atomic E-state index is -0.593. The maximum Gasteiger partial charge on any atom is 0.408 e. The lowest BCUT2D eigenvalue weighted by atomic mass is 9.96. The highest BCUT2D eigenvalue weighted by molar-refractivity contribution is 5.94. The molecule has 1 saturated heterocycles. The number of amides is 3. The first-order chi connectivity index (χ1) is 14.0. The van der Waals surface area contributed by atoms with Gasteiger partial charge >= 0.3 is 6.09 Å². The van der Waals surface area contributed by atoms with Crippen molar-refractivity contribution in [3.63, 3.8) is 0 Å². The number of carbonyl (C=O) groups is 3. The summed E-state index contributed by atoms with van der Waals surface area (Å²) in [6, 6.07) is 7.49. The van der Waals surface area contributed by atoms with Crippen molar-refractivity contribution in [2.24, 2.45) is 5.92 Å². The molecule has 1 aliphatic rings. The van der Waals surface area contributed by atoms with E-state index >= 15 is 0 Å². The summed E-state index contributed by atoms with van der Waals surface area (Å²) in [5.74, 6) is 0.127. The number of likely N-dealkylation sites (tertiary alicyclic amines) is 1. The summed E-state index contributed by atoms with van der Waals surface area (Å²) in [4.78, 5) is 40.0. The number of piperidine rings is 1. The first-order valence-corrected chi connectivity index (χ1v) is 10.4. The van der Waals surface area contributed by atoms with E-state index < -0.39 is 11.7 Å². The van der Waals surface area contributed by atoms with Crippen LogP contribution in [0.15, 0.2) is 24.3 Å². The van der Waals surface area contributed by atoms with Crippen molar-refractivity contribution in [1.29, 1.82) is 0 Å². The van der Waals surface area contributed by atoms with Crippen LogP contribution in [0.3, 0.4) is 0 Å². The van der Waals surface area contributed by atoms with Crippen molar-refractivity contribution < 1.29 is 19.1 Å². The number of ether oxygens (including phenoxy) is 1. The Morgan fingerprint density at radius 3 is 2.20 bits per heavy atom. The maximum atomic E-state index is 12.3. The number of hydrogen-bond donors (Lipinski definition) is 2. The van der Waals surface area contributed by atoms with Gasteiger partial charge in [-0.3, -0.25) is 9.59 Å². The standard InChI is InChI=1S/C22H34N4O4/c1-22(2,3)30-21(29)24-15-19(27)26-12-10-16(11-13-26)14-23-20(28)17-6-8-18(9-7-17)25(4)5/h6-9,16H,10-15H2,1-5H3,(H,23,28)(H,24,29). The molecule has 1 fully saturated rings. The van der Waals surface area contributed by atoms with Crippen LogP contribution in [0.1, 0.15) is 44.0 Å². The van der Waals surface area contributed by atoms with E-state index in [1.54, 1.807) is 25.7 Å². The van der Waals surface area contributed by atoms with E-state index in [0.717, 1.165) is 18.5 Å². The zero-order valence-electron chi connectivity index (χ0n) is 18.7. The van der Waals surface area contributed by atoms with Crippen LogP contribution in [0.25, 0.3) is 0 Å². The van der Waals surface area contributed by atoms with E-state index in [2.05, 4.69) is 10.6 Å². The first-order valence-electron chi connectivity index (χ1n) is 10.4. The Balaban J connectivity index is 1.69. The minimum absolute atomic E-state index is 0.0702. The van der Waals surface area contributed by atoms with Crippen molar-refractivity contribution in [3.05, 3.63) is 29.8 Å². The molecular formula is C22H34N4O4. The molecule has 0 unspecified atom stereocenters. The Kier molecular flexibility index (Phi) is 8.08.